The van der Waals surface area contributed by atoms with Gasteiger partial charge in [-0.2, -0.15) is 10.5 Å². The van der Waals surface area contributed by atoms with E-state index in [4.69, 9.17) is 4.98 Å². The normalized spacial score (nSPS) is 10.9. The molecule has 0 aliphatic rings. The summed E-state index contributed by atoms with van der Waals surface area (Å²) in [7, 11) is 0. The Morgan fingerprint density at radius 3 is 2.22 bits per heavy atom. The lowest BCUT2D eigenvalue weighted by Gasteiger charge is -2.10. The first-order valence-corrected chi connectivity index (χ1v) is 9.26. The summed E-state index contributed by atoms with van der Waals surface area (Å²) in [5, 5.41) is 21.7. The molecule has 0 aliphatic heterocycles. The van der Waals surface area contributed by atoms with Crippen LogP contribution in [0.2, 0.25) is 0 Å². The van der Waals surface area contributed by atoms with E-state index in [1.54, 1.807) is 17.4 Å². The van der Waals surface area contributed by atoms with Crippen molar-refractivity contribution < 1.29 is 0 Å². The third-order valence-corrected chi connectivity index (χ3v) is 5.79. The van der Waals surface area contributed by atoms with Crippen LogP contribution in [0, 0.1) is 22.7 Å². The van der Waals surface area contributed by atoms with Crippen LogP contribution in [0.15, 0.2) is 66.7 Å². The van der Waals surface area contributed by atoms with Gasteiger partial charge < -0.3 is 0 Å². The number of hydrogen-bond acceptors (Lipinski definition) is 4. The molecule has 5 aromatic rings. The Labute approximate surface area is 159 Å². The molecule has 0 saturated carbocycles. The molecular weight excluding hydrogens is 350 g/mol. The quantitative estimate of drug-likeness (QED) is 0.367. The number of pyridine rings is 1. The number of benzene rings is 3. The fourth-order valence-corrected chi connectivity index (χ4v) is 4.60. The predicted molar refractivity (Wildman–Crippen MR) is 109 cm³/mol. The number of fused-ring (bicyclic) bond motifs is 4. The topological polar surface area (TPSA) is 60.5 Å². The van der Waals surface area contributed by atoms with Crippen LogP contribution in [0.5, 0.6) is 0 Å². The van der Waals surface area contributed by atoms with Crippen molar-refractivity contribution in [2.75, 3.05) is 0 Å². The summed E-state index contributed by atoms with van der Waals surface area (Å²) in [5.41, 5.74) is 4.25. The Balaban J connectivity index is 2.06. The SMILES string of the molecule is N#Cc1ccc2nc3sc4ccc(C#N)cc4c3c(-c3ccccc3)c2c1. The van der Waals surface area contributed by atoms with E-state index in [1.165, 1.54) is 0 Å². The van der Waals surface area contributed by atoms with E-state index < -0.39 is 0 Å². The number of nitriles is 2. The van der Waals surface area contributed by atoms with Gasteiger partial charge in [-0.05, 0) is 42.0 Å². The minimum Gasteiger partial charge on any atom is -0.237 e. The van der Waals surface area contributed by atoms with Crippen molar-refractivity contribution in [2.24, 2.45) is 0 Å². The van der Waals surface area contributed by atoms with Crippen molar-refractivity contribution in [1.82, 2.24) is 4.98 Å². The van der Waals surface area contributed by atoms with Crippen molar-refractivity contribution in [2.45, 2.75) is 0 Å². The maximum atomic E-state index is 9.37. The molecule has 0 saturated heterocycles. The van der Waals surface area contributed by atoms with E-state index in [9.17, 15) is 10.5 Å². The summed E-state index contributed by atoms with van der Waals surface area (Å²) < 4.78 is 1.10. The molecule has 0 unspecified atom stereocenters. The predicted octanol–water partition coefficient (Wildman–Crippen LogP) is 6.01. The van der Waals surface area contributed by atoms with Gasteiger partial charge in [0.25, 0.3) is 0 Å². The Morgan fingerprint density at radius 2 is 1.48 bits per heavy atom. The second-order valence-electron chi connectivity index (χ2n) is 6.30. The number of nitrogens with zero attached hydrogens (tertiary/aromatic N) is 3. The third-order valence-electron chi connectivity index (χ3n) is 4.73. The van der Waals surface area contributed by atoms with E-state index in [0.29, 0.717) is 11.1 Å². The Bertz CT molecular complexity index is 1430. The molecule has 3 nitrogen and oxygen atoms in total. The van der Waals surface area contributed by atoms with E-state index >= 15 is 0 Å². The monoisotopic (exact) mass is 361 g/mol. The fourth-order valence-electron chi connectivity index (χ4n) is 3.53. The van der Waals surface area contributed by atoms with Crippen LogP contribution in [0.3, 0.4) is 0 Å². The molecule has 0 bridgehead atoms. The molecule has 124 valence electrons. The van der Waals surface area contributed by atoms with Crippen LogP contribution in [-0.4, -0.2) is 4.98 Å². The molecule has 0 spiro atoms. The Kier molecular flexibility index (Phi) is 3.40. The maximum absolute atomic E-state index is 9.37. The van der Waals surface area contributed by atoms with Crippen molar-refractivity contribution in [3.8, 4) is 23.3 Å². The van der Waals surface area contributed by atoms with E-state index in [1.807, 2.05) is 48.5 Å². The summed E-state index contributed by atoms with van der Waals surface area (Å²) in [6.45, 7) is 0. The minimum atomic E-state index is 0.609. The molecule has 4 heteroatoms. The average Bonchev–Trinajstić information content (AvgIpc) is 3.09. The van der Waals surface area contributed by atoms with Crippen LogP contribution < -0.4 is 0 Å². The Hall–Kier alpha value is -3.73. The molecule has 0 aliphatic carbocycles. The van der Waals surface area contributed by atoms with Gasteiger partial charge in [0.1, 0.15) is 4.83 Å². The average molecular weight is 361 g/mol. The van der Waals surface area contributed by atoms with Crippen molar-refractivity contribution in [1.29, 1.82) is 10.5 Å². The molecule has 2 heterocycles. The van der Waals surface area contributed by atoms with Gasteiger partial charge in [0.2, 0.25) is 0 Å². The van der Waals surface area contributed by atoms with Crippen LogP contribution in [-0.2, 0) is 0 Å². The summed E-state index contributed by atoms with van der Waals surface area (Å²) in [6.07, 6.45) is 0. The van der Waals surface area contributed by atoms with Crippen LogP contribution in [0.1, 0.15) is 11.1 Å². The number of hydrogen-bond donors (Lipinski definition) is 0. The summed E-state index contributed by atoms with van der Waals surface area (Å²) in [5.74, 6) is 0. The van der Waals surface area contributed by atoms with Crippen LogP contribution in [0.4, 0.5) is 0 Å². The molecule has 3 aromatic carbocycles. The summed E-state index contributed by atoms with van der Waals surface area (Å²) in [4.78, 5) is 5.80. The molecule has 27 heavy (non-hydrogen) atoms. The first-order chi connectivity index (χ1) is 13.3. The number of aromatic nitrogens is 1. The van der Waals surface area contributed by atoms with E-state index in [0.717, 1.165) is 42.3 Å². The molecule has 5 rings (SSSR count). The first-order valence-electron chi connectivity index (χ1n) is 8.44. The van der Waals surface area contributed by atoms with Gasteiger partial charge in [0.15, 0.2) is 0 Å². The number of thiophene rings is 1. The second kappa shape index (κ2) is 5.92. The molecule has 0 radical (unpaired) electrons. The highest BCUT2D eigenvalue weighted by Gasteiger charge is 2.17. The largest absolute Gasteiger partial charge is 0.237 e. The minimum absolute atomic E-state index is 0.609. The van der Waals surface area contributed by atoms with E-state index in [2.05, 4.69) is 24.3 Å². The Morgan fingerprint density at radius 1 is 0.778 bits per heavy atom. The highest BCUT2D eigenvalue weighted by atomic mass is 32.1. The van der Waals surface area contributed by atoms with Crippen LogP contribution >= 0.6 is 11.3 Å². The zero-order valence-electron chi connectivity index (χ0n) is 14.1. The van der Waals surface area contributed by atoms with Gasteiger partial charge in [0, 0.05) is 26.4 Å². The molecular formula is C23H11N3S. The lowest BCUT2D eigenvalue weighted by Crippen LogP contribution is -1.88. The zero-order chi connectivity index (χ0) is 18.4. The molecule has 0 N–H and O–H groups in total. The molecule has 0 fully saturated rings. The summed E-state index contributed by atoms with van der Waals surface area (Å²) in [6, 6.07) is 26.0. The van der Waals surface area contributed by atoms with Crippen LogP contribution in [0.25, 0.3) is 42.3 Å². The van der Waals surface area contributed by atoms with Gasteiger partial charge in [-0.15, -0.1) is 11.3 Å². The highest BCUT2D eigenvalue weighted by Crippen LogP contribution is 2.43. The molecule has 2 aromatic heterocycles. The van der Waals surface area contributed by atoms with E-state index in [-0.39, 0.29) is 0 Å². The van der Waals surface area contributed by atoms with Gasteiger partial charge >= 0.3 is 0 Å². The van der Waals surface area contributed by atoms with Gasteiger partial charge in [-0.25, -0.2) is 4.98 Å². The molecule has 0 atom stereocenters. The highest BCUT2D eigenvalue weighted by molar-refractivity contribution is 7.25. The van der Waals surface area contributed by atoms with Gasteiger partial charge in [0.05, 0.1) is 28.8 Å². The lowest BCUT2D eigenvalue weighted by molar-refractivity contribution is 1.48. The van der Waals surface area contributed by atoms with Crippen molar-refractivity contribution in [3.63, 3.8) is 0 Å². The van der Waals surface area contributed by atoms with Gasteiger partial charge in [-0.3, -0.25) is 0 Å². The first kappa shape index (κ1) is 15.5. The van der Waals surface area contributed by atoms with Gasteiger partial charge in [-0.1, -0.05) is 30.3 Å². The van der Waals surface area contributed by atoms with Crippen molar-refractivity contribution in [3.05, 3.63) is 77.9 Å². The smallest absolute Gasteiger partial charge is 0.125 e. The maximum Gasteiger partial charge on any atom is 0.125 e. The molecule has 0 amide bonds. The zero-order valence-corrected chi connectivity index (χ0v) is 14.9. The fraction of sp³-hybridized carbons (Fsp3) is 0. The summed E-state index contributed by atoms with van der Waals surface area (Å²) >= 11 is 1.63. The standard InChI is InChI=1S/C23H11N3S/c24-12-14-6-8-19-17(10-14)21(16-4-2-1-3-5-16)22-18-11-15(13-25)7-9-20(18)27-23(22)26-19/h1-11H. The second-order valence-corrected chi connectivity index (χ2v) is 7.33. The third kappa shape index (κ3) is 2.36. The number of rotatable bonds is 1. The van der Waals surface area contributed by atoms with Crippen molar-refractivity contribution >= 4 is 42.5 Å². The lowest BCUT2D eigenvalue weighted by atomic mass is 9.95.